The van der Waals surface area contributed by atoms with Crippen LogP contribution in [0.25, 0.3) is 0 Å². The zero-order valence-corrected chi connectivity index (χ0v) is 6.05. The number of ether oxygens (including phenoxy) is 1. The van der Waals surface area contributed by atoms with Crippen molar-refractivity contribution in [2.45, 2.75) is 13.3 Å². The van der Waals surface area contributed by atoms with Crippen molar-refractivity contribution in [3.05, 3.63) is 28.6 Å². The van der Waals surface area contributed by atoms with Gasteiger partial charge in [0.1, 0.15) is 5.75 Å². The fourth-order valence-corrected chi connectivity index (χ4v) is 1.09. The maximum Gasteiger partial charge on any atom is 0.127 e. The Morgan fingerprint density at radius 3 is 2.70 bits per heavy atom. The Kier molecular flexibility index (Phi) is 1.16. The Bertz CT molecular complexity index is 327. The molecular weight excluding hydrogens is 124 g/mol. The lowest BCUT2D eigenvalue weighted by atomic mass is 10.1. The van der Waals surface area contributed by atoms with Gasteiger partial charge in [-0.3, -0.25) is 0 Å². The van der Waals surface area contributed by atoms with Gasteiger partial charge in [-0.1, -0.05) is 19.1 Å². The van der Waals surface area contributed by atoms with E-state index in [0.29, 0.717) is 0 Å². The Hall–Kier alpha value is -0.980. The Morgan fingerprint density at radius 1 is 1.40 bits per heavy atom. The van der Waals surface area contributed by atoms with E-state index in [1.165, 1.54) is 10.4 Å². The van der Waals surface area contributed by atoms with Crippen molar-refractivity contribution >= 4 is 0 Å². The summed E-state index contributed by atoms with van der Waals surface area (Å²) in [6, 6.07) is 6.29. The van der Waals surface area contributed by atoms with Crippen LogP contribution in [0.5, 0.6) is 5.75 Å². The van der Waals surface area contributed by atoms with E-state index in [4.69, 9.17) is 4.74 Å². The zero-order valence-electron chi connectivity index (χ0n) is 6.05. The predicted octanol–water partition coefficient (Wildman–Crippen LogP) is 2.08. The topological polar surface area (TPSA) is 9.23 Å². The highest BCUT2D eigenvalue weighted by atomic mass is 16.5. The van der Waals surface area contributed by atoms with Gasteiger partial charge in [-0.25, -0.2) is 0 Å². The van der Waals surface area contributed by atoms with Crippen molar-refractivity contribution in [3.63, 3.8) is 0 Å². The molecule has 0 spiro atoms. The molecule has 0 radical (unpaired) electrons. The average molecular weight is 134 g/mol. The van der Waals surface area contributed by atoms with Gasteiger partial charge in [0, 0.05) is 5.22 Å². The summed E-state index contributed by atoms with van der Waals surface area (Å²) >= 11 is 0. The van der Waals surface area contributed by atoms with Crippen molar-refractivity contribution in [1.29, 1.82) is 0 Å². The van der Waals surface area contributed by atoms with Crippen LogP contribution < -0.4 is 4.74 Å². The first-order valence-electron chi connectivity index (χ1n) is 3.69. The molecule has 2 rings (SSSR count). The fraction of sp³-hybridized carbons (Fsp3) is 0.333. The molecule has 1 nitrogen and oxygen atoms in total. The molecule has 2 aliphatic rings. The second-order valence-corrected chi connectivity index (χ2v) is 2.56. The number of hydrogen-bond donors (Lipinski definition) is 0. The van der Waals surface area contributed by atoms with Crippen molar-refractivity contribution in [2.75, 3.05) is 6.61 Å². The van der Waals surface area contributed by atoms with Gasteiger partial charge in [0.2, 0.25) is 0 Å². The molecule has 0 saturated carbocycles. The summed E-state index contributed by atoms with van der Waals surface area (Å²) in [6.45, 7) is 2.96. The van der Waals surface area contributed by atoms with Crippen LogP contribution in [0.2, 0.25) is 0 Å². The average Bonchev–Trinajstić information content (AvgIpc) is 1.92. The van der Waals surface area contributed by atoms with Gasteiger partial charge < -0.3 is 4.74 Å². The summed E-state index contributed by atoms with van der Waals surface area (Å²) in [7, 11) is 0. The highest BCUT2D eigenvalue weighted by molar-refractivity contribution is 5.38. The minimum Gasteiger partial charge on any atom is -0.493 e. The van der Waals surface area contributed by atoms with Crippen LogP contribution in [0.15, 0.2) is 18.2 Å². The summed E-state index contributed by atoms with van der Waals surface area (Å²) in [4.78, 5) is 0. The van der Waals surface area contributed by atoms with E-state index in [-0.39, 0.29) is 0 Å². The lowest BCUT2D eigenvalue weighted by molar-refractivity contribution is 0.312. The smallest absolute Gasteiger partial charge is 0.127 e. The molecule has 0 heterocycles. The SMILES string of the molecule is CCCOc1cc2ccc1=2. The molecule has 0 N–H and O–H groups in total. The van der Waals surface area contributed by atoms with Crippen LogP contribution in [0.1, 0.15) is 13.3 Å². The molecule has 52 valence electrons. The maximum atomic E-state index is 5.41. The monoisotopic (exact) mass is 134 g/mol. The van der Waals surface area contributed by atoms with E-state index < -0.39 is 0 Å². The summed E-state index contributed by atoms with van der Waals surface area (Å²) in [5, 5.41) is 2.67. The molecule has 2 aliphatic carbocycles. The third-order valence-electron chi connectivity index (χ3n) is 1.75. The van der Waals surface area contributed by atoms with Gasteiger partial charge in [-0.2, -0.15) is 0 Å². The molecule has 10 heavy (non-hydrogen) atoms. The second kappa shape index (κ2) is 2.01. The Balaban J connectivity index is 2.06. The first kappa shape index (κ1) is 5.78. The standard InChI is InChI=1S/C9H10O/c1-2-5-10-9-6-7-3-4-8(7)9/h3-4,6H,2,5H2,1H3. The Labute approximate surface area is 59.9 Å². The van der Waals surface area contributed by atoms with Crippen molar-refractivity contribution < 1.29 is 4.74 Å². The molecular formula is C9H10O. The molecule has 0 saturated heterocycles. The maximum absolute atomic E-state index is 5.41. The molecule has 0 aromatic carbocycles. The third kappa shape index (κ3) is 0.635. The first-order valence-corrected chi connectivity index (χ1v) is 3.69. The normalized spacial score (nSPS) is 11.3. The quantitative estimate of drug-likeness (QED) is 0.624. The minimum atomic E-state index is 0.844. The van der Waals surface area contributed by atoms with Crippen molar-refractivity contribution in [1.82, 2.24) is 0 Å². The fourth-order valence-electron chi connectivity index (χ4n) is 1.09. The lowest BCUT2D eigenvalue weighted by Crippen LogP contribution is -2.00. The van der Waals surface area contributed by atoms with E-state index in [9.17, 15) is 0 Å². The van der Waals surface area contributed by atoms with Crippen LogP contribution in [-0.2, 0) is 0 Å². The van der Waals surface area contributed by atoms with E-state index in [1.54, 1.807) is 0 Å². The van der Waals surface area contributed by atoms with Crippen LogP contribution >= 0.6 is 0 Å². The number of benzene rings is 1. The van der Waals surface area contributed by atoms with Crippen LogP contribution in [-0.4, -0.2) is 6.61 Å². The molecule has 1 heteroatoms. The van der Waals surface area contributed by atoms with E-state index in [0.717, 1.165) is 18.8 Å². The Morgan fingerprint density at radius 2 is 2.30 bits per heavy atom. The van der Waals surface area contributed by atoms with Crippen molar-refractivity contribution in [2.24, 2.45) is 0 Å². The summed E-state index contributed by atoms with van der Waals surface area (Å²) in [5.74, 6) is 1.08. The minimum absolute atomic E-state index is 0.844. The van der Waals surface area contributed by atoms with Crippen LogP contribution in [0, 0.1) is 10.4 Å². The van der Waals surface area contributed by atoms with Crippen molar-refractivity contribution in [3.8, 4) is 5.75 Å². The van der Waals surface area contributed by atoms with Gasteiger partial charge in [0.25, 0.3) is 0 Å². The van der Waals surface area contributed by atoms with E-state index in [2.05, 4.69) is 25.1 Å². The zero-order chi connectivity index (χ0) is 6.97. The summed E-state index contributed by atoms with van der Waals surface area (Å²) in [5.41, 5.74) is 0. The summed E-state index contributed by atoms with van der Waals surface area (Å²) < 4.78 is 5.41. The molecule has 0 unspecified atom stereocenters. The highest BCUT2D eigenvalue weighted by Gasteiger charge is 2.05. The van der Waals surface area contributed by atoms with Crippen LogP contribution in [0.3, 0.4) is 0 Å². The highest BCUT2D eigenvalue weighted by Crippen LogP contribution is 2.23. The predicted molar refractivity (Wildman–Crippen MR) is 39.9 cm³/mol. The number of rotatable bonds is 3. The van der Waals surface area contributed by atoms with Gasteiger partial charge >= 0.3 is 0 Å². The van der Waals surface area contributed by atoms with Gasteiger partial charge in [-0.05, 0) is 17.7 Å². The molecule has 0 atom stereocenters. The summed E-state index contributed by atoms with van der Waals surface area (Å²) in [6.07, 6.45) is 1.09. The van der Waals surface area contributed by atoms with Gasteiger partial charge in [-0.15, -0.1) is 0 Å². The third-order valence-corrected chi connectivity index (χ3v) is 1.75. The molecule has 0 aliphatic heterocycles. The molecule has 0 aromatic heterocycles. The molecule has 0 amide bonds. The van der Waals surface area contributed by atoms with Gasteiger partial charge in [0.05, 0.1) is 6.61 Å². The van der Waals surface area contributed by atoms with Gasteiger partial charge in [0.15, 0.2) is 0 Å². The largest absolute Gasteiger partial charge is 0.493 e. The second-order valence-electron chi connectivity index (χ2n) is 2.56. The molecule has 0 fully saturated rings. The van der Waals surface area contributed by atoms with Crippen LogP contribution in [0.4, 0.5) is 0 Å². The lowest BCUT2D eigenvalue weighted by Gasteiger charge is -2.11. The molecule has 0 bridgehead atoms. The van der Waals surface area contributed by atoms with E-state index in [1.807, 2.05) is 0 Å². The number of hydrogen-bond acceptors (Lipinski definition) is 1. The van der Waals surface area contributed by atoms with E-state index >= 15 is 0 Å². The first-order chi connectivity index (χ1) is 4.92. The molecule has 0 aromatic rings.